The molecule has 1 amide bonds. The average Bonchev–Trinajstić information content (AvgIpc) is 2.94. The van der Waals surface area contributed by atoms with E-state index in [4.69, 9.17) is 0 Å². The van der Waals surface area contributed by atoms with Crippen LogP contribution in [0.1, 0.15) is 40.7 Å². The Labute approximate surface area is 123 Å². The van der Waals surface area contributed by atoms with E-state index >= 15 is 0 Å². The maximum Gasteiger partial charge on any atom is 0.253 e. The summed E-state index contributed by atoms with van der Waals surface area (Å²) in [4.78, 5) is 14.6. The van der Waals surface area contributed by atoms with Gasteiger partial charge in [-0.15, -0.1) is 0 Å². The summed E-state index contributed by atoms with van der Waals surface area (Å²) < 4.78 is 0. The van der Waals surface area contributed by atoms with Crippen LogP contribution in [0.15, 0.2) is 18.2 Å². The molecular weight excluding hydrogens is 302 g/mol. The van der Waals surface area contributed by atoms with Gasteiger partial charge in [-0.1, -0.05) is 22.0 Å². The van der Waals surface area contributed by atoms with E-state index in [-0.39, 0.29) is 5.91 Å². The van der Waals surface area contributed by atoms with Gasteiger partial charge >= 0.3 is 0 Å². The number of hydrogen-bond acceptors (Lipinski definition) is 1. The lowest BCUT2D eigenvalue weighted by molar-refractivity contribution is 0.0686. The number of nitrogens with zero attached hydrogens (tertiary/aromatic N) is 1. The Morgan fingerprint density at radius 1 is 1.26 bits per heavy atom. The minimum atomic E-state index is 0.223. The fraction of sp³-hybridized carbons (Fsp3) is 0.562. The number of benzene rings is 1. The molecule has 1 atom stereocenters. The van der Waals surface area contributed by atoms with Gasteiger partial charge in [-0.2, -0.15) is 0 Å². The number of likely N-dealkylation sites (tertiary alicyclic amines) is 1. The molecule has 1 aliphatic heterocycles. The molecule has 1 saturated heterocycles. The Balaban J connectivity index is 1.76. The number of fused-ring (bicyclic) bond motifs is 1. The van der Waals surface area contributed by atoms with E-state index in [0.29, 0.717) is 5.92 Å². The summed E-state index contributed by atoms with van der Waals surface area (Å²) >= 11 is 3.55. The number of alkyl halides is 1. The predicted octanol–water partition coefficient (Wildman–Crippen LogP) is 3.42. The Kier molecular flexibility index (Phi) is 3.92. The molecule has 0 aromatic heterocycles. The van der Waals surface area contributed by atoms with Crippen molar-refractivity contribution in [2.75, 3.05) is 18.4 Å². The van der Waals surface area contributed by atoms with Gasteiger partial charge in [-0.05, 0) is 61.3 Å². The molecule has 0 saturated carbocycles. The number of aryl methyl sites for hydroxylation is 2. The molecule has 1 aliphatic carbocycles. The normalized spacial score (nSPS) is 22.4. The third-order valence-corrected chi connectivity index (χ3v) is 5.29. The van der Waals surface area contributed by atoms with Gasteiger partial charge < -0.3 is 4.90 Å². The van der Waals surface area contributed by atoms with Crippen LogP contribution in [-0.2, 0) is 12.8 Å². The van der Waals surface area contributed by atoms with Crippen molar-refractivity contribution in [2.24, 2.45) is 5.92 Å². The Morgan fingerprint density at radius 3 is 2.95 bits per heavy atom. The van der Waals surface area contributed by atoms with Crippen LogP contribution in [-0.4, -0.2) is 29.2 Å². The van der Waals surface area contributed by atoms with Crippen LogP contribution in [0.4, 0.5) is 0 Å². The van der Waals surface area contributed by atoms with Crippen molar-refractivity contribution in [1.29, 1.82) is 0 Å². The van der Waals surface area contributed by atoms with Gasteiger partial charge in [0.2, 0.25) is 0 Å². The van der Waals surface area contributed by atoms with Crippen LogP contribution in [0.3, 0.4) is 0 Å². The first kappa shape index (κ1) is 13.2. The summed E-state index contributed by atoms with van der Waals surface area (Å²) in [6.07, 6.45) is 5.92. The maximum atomic E-state index is 12.6. The smallest absolute Gasteiger partial charge is 0.253 e. The van der Waals surface area contributed by atoms with Gasteiger partial charge in [0.25, 0.3) is 5.91 Å². The first-order valence-electron chi connectivity index (χ1n) is 7.25. The number of amides is 1. The molecule has 0 radical (unpaired) electrons. The molecule has 19 heavy (non-hydrogen) atoms. The number of rotatable bonds is 2. The number of hydrogen-bond donors (Lipinski definition) is 0. The van der Waals surface area contributed by atoms with Gasteiger partial charge in [0.1, 0.15) is 0 Å². The predicted molar refractivity (Wildman–Crippen MR) is 80.9 cm³/mol. The topological polar surface area (TPSA) is 20.3 Å². The molecule has 0 bridgehead atoms. The second kappa shape index (κ2) is 5.66. The molecule has 1 aromatic carbocycles. The zero-order chi connectivity index (χ0) is 13.2. The minimum Gasteiger partial charge on any atom is -0.338 e. The number of piperidine rings is 1. The SMILES string of the molecule is O=C(c1ccc2c(c1)CCC2)N1CCCC(CBr)C1. The van der Waals surface area contributed by atoms with Crippen molar-refractivity contribution in [3.8, 4) is 0 Å². The molecule has 0 N–H and O–H groups in total. The van der Waals surface area contributed by atoms with Crippen LogP contribution in [0.2, 0.25) is 0 Å². The van der Waals surface area contributed by atoms with Crippen molar-refractivity contribution < 1.29 is 4.79 Å². The molecule has 2 nitrogen and oxygen atoms in total. The molecule has 1 aromatic rings. The van der Waals surface area contributed by atoms with Crippen LogP contribution >= 0.6 is 15.9 Å². The third kappa shape index (κ3) is 2.71. The lowest BCUT2D eigenvalue weighted by atomic mass is 9.99. The van der Waals surface area contributed by atoms with Gasteiger partial charge in [0, 0.05) is 24.0 Å². The highest BCUT2D eigenvalue weighted by atomic mass is 79.9. The van der Waals surface area contributed by atoms with Gasteiger partial charge in [0.15, 0.2) is 0 Å². The van der Waals surface area contributed by atoms with Crippen molar-refractivity contribution in [3.63, 3.8) is 0 Å². The summed E-state index contributed by atoms with van der Waals surface area (Å²) in [7, 11) is 0. The van der Waals surface area contributed by atoms with E-state index < -0.39 is 0 Å². The van der Waals surface area contributed by atoms with Crippen LogP contribution < -0.4 is 0 Å². The van der Waals surface area contributed by atoms with E-state index in [1.165, 1.54) is 30.4 Å². The highest BCUT2D eigenvalue weighted by Gasteiger charge is 2.24. The molecule has 1 fully saturated rings. The van der Waals surface area contributed by atoms with Crippen molar-refractivity contribution in [2.45, 2.75) is 32.1 Å². The molecule has 1 heterocycles. The monoisotopic (exact) mass is 321 g/mol. The molecule has 1 unspecified atom stereocenters. The molecule has 0 spiro atoms. The van der Waals surface area contributed by atoms with E-state index in [2.05, 4.69) is 28.1 Å². The summed E-state index contributed by atoms with van der Waals surface area (Å²) in [6.45, 7) is 1.82. The van der Waals surface area contributed by atoms with Crippen molar-refractivity contribution in [3.05, 3.63) is 34.9 Å². The summed E-state index contributed by atoms with van der Waals surface area (Å²) in [5.41, 5.74) is 3.71. The van der Waals surface area contributed by atoms with E-state index in [1.54, 1.807) is 0 Å². The Bertz CT molecular complexity index is 486. The fourth-order valence-electron chi connectivity index (χ4n) is 3.26. The summed E-state index contributed by atoms with van der Waals surface area (Å²) in [5, 5.41) is 1.00. The quantitative estimate of drug-likeness (QED) is 0.764. The fourth-order valence-corrected chi connectivity index (χ4v) is 3.79. The Morgan fingerprint density at radius 2 is 2.11 bits per heavy atom. The summed E-state index contributed by atoms with van der Waals surface area (Å²) in [6, 6.07) is 6.30. The number of carbonyl (C=O) groups is 1. The molecule has 3 rings (SSSR count). The highest BCUT2D eigenvalue weighted by Crippen LogP contribution is 2.25. The number of halogens is 1. The largest absolute Gasteiger partial charge is 0.338 e. The zero-order valence-electron chi connectivity index (χ0n) is 11.2. The molecular formula is C16H20BrNO. The standard InChI is InChI=1S/C16H20BrNO/c17-10-12-3-2-8-18(11-12)16(19)15-7-6-13-4-1-5-14(13)9-15/h6-7,9,12H,1-5,8,10-11H2. The highest BCUT2D eigenvalue weighted by molar-refractivity contribution is 9.09. The van der Waals surface area contributed by atoms with Gasteiger partial charge in [0.05, 0.1) is 0 Å². The lowest BCUT2D eigenvalue weighted by Crippen LogP contribution is -2.40. The van der Waals surface area contributed by atoms with Crippen molar-refractivity contribution in [1.82, 2.24) is 4.90 Å². The molecule has 2 aliphatic rings. The minimum absolute atomic E-state index is 0.223. The zero-order valence-corrected chi connectivity index (χ0v) is 12.8. The van der Waals surface area contributed by atoms with Gasteiger partial charge in [-0.3, -0.25) is 4.79 Å². The second-order valence-corrected chi connectivity index (χ2v) is 6.40. The van der Waals surface area contributed by atoms with Crippen LogP contribution in [0, 0.1) is 5.92 Å². The Hall–Kier alpha value is -0.830. The van der Waals surface area contributed by atoms with Gasteiger partial charge in [-0.25, -0.2) is 0 Å². The van der Waals surface area contributed by atoms with E-state index in [0.717, 1.165) is 36.8 Å². The number of carbonyl (C=O) groups excluding carboxylic acids is 1. The first-order chi connectivity index (χ1) is 9.28. The maximum absolute atomic E-state index is 12.6. The van der Waals surface area contributed by atoms with Crippen LogP contribution in [0.25, 0.3) is 0 Å². The first-order valence-corrected chi connectivity index (χ1v) is 8.37. The molecule has 102 valence electrons. The summed E-state index contributed by atoms with van der Waals surface area (Å²) in [5.74, 6) is 0.840. The average molecular weight is 322 g/mol. The third-order valence-electron chi connectivity index (χ3n) is 4.37. The second-order valence-electron chi connectivity index (χ2n) is 5.75. The van der Waals surface area contributed by atoms with Crippen molar-refractivity contribution >= 4 is 21.8 Å². The lowest BCUT2D eigenvalue weighted by Gasteiger charge is -2.32. The van der Waals surface area contributed by atoms with E-state index in [9.17, 15) is 4.79 Å². The van der Waals surface area contributed by atoms with E-state index in [1.807, 2.05) is 11.0 Å². The molecule has 3 heteroatoms. The van der Waals surface area contributed by atoms with Crippen LogP contribution in [0.5, 0.6) is 0 Å².